The molecule has 0 amide bonds. The van der Waals surface area contributed by atoms with Crippen molar-refractivity contribution in [3.63, 3.8) is 0 Å². The number of benzene rings is 2. The van der Waals surface area contributed by atoms with Gasteiger partial charge in [0.2, 0.25) is 0 Å². The Bertz CT molecular complexity index is 812. The first-order chi connectivity index (χ1) is 10.9. The molecule has 1 heteroatoms. The molecule has 2 atom stereocenters. The van der Waals surface area contributed by atoms with Crippen molar-refractivity contribution in [3.8, 4) is 22.5 Å². The third-order valence-electron chi connectivity index (χ3n) is 5.42. The van der Waals surface area contributed by atoms with Gasteiger partial charge in [0.1, 0.15) is 5.76 Å². The molecule has 0 radical (unpaired) electrons. The Balaban J connectivity index is 1.55. The SMILES string of the molecule is c1coc(-c2ccc(-c3ccc4cc3C3CCCC43)cc2)c1. The lowest BCUT2D eigenvalue weighted by molar-refractivity contribution is 0.582. The summed E-state index contributed by atoms with van der Waals surface area (Å²) in [7, 11) is 0. The van der Waals surface area contributed by atoms with Gasteiger partial charge in [0.05, 0.1) is 6.26 Å². The lowest BCUT2D eigenvalue weighted by Gasteiger charge is -2.13. The normalized spacial score (nSPS) is 22.0. The second kappa shape index (κ2) is 4.61. The molecule has 0 aliphatic heterocycles. The molecule has 1 saturated carbocycles. The van der Waals surface area contributed by atoms with Crippen LogP contribution in [0.5, 0.6) is 0 Å². The molecule has 2 aliphatic carbocycles. The molecule has 2 unspecified atom stereocenters. The molecule has 2 aliphatic rings. The number of furan rings is 1. The minimum Gasteiger partial charge on any atom is -0.464 e. The predicted molar refractivity (Wildman–Crippen MR) is 88.9 cm³/mol. The van der Waals surface area contributed by atoms with Crippen molar-refractivity contribution >= 4 is 0 Å². The van der Waals surface area contributed by atoms with Gasteiger partial charge in [-0.2, -0.15) is 0 Å². The highest BCUT2D eigenvalue weighted by atomic mass is 16.3. The fourth-order valence-electron chi connectivity index (χ4n) is 4.37. The van der Waals surface area contributed by atoms with Crippen molar-refractivity contribution in [3.05, 3.63) is 72.0 Å². The van der Waals surface area contributed by atoms with E-state index in [1.54, 1.807) is 17.4 Å². The Morgan fingerprint density at radius 1 is 0.818 bits per heavy atom. The van der Waals surface area contributed by atoms with Crippen LogP contribution in [-0.4, -0.2) is 0 Å². The van der Waals surface area contributed by atoms with Crippen molar-refractivity contribution in [1.82, 2.24) is 0 Å². The maximum absolute atomic E-state index is 5.48. The van der Waals surface area contributed by atoms with E-state index in [0.717, 1.165) is 23.2 Å². The lowest BCUT2D eigenvalue weighted by Crippen LogP contribution is -1.95. The molecular weight excluding hydrogens is 268 g/mol. The zero-order valence-electron chi connectivity index (χ0n) is 12.5. The molecule has 0 N–H and O–H groups in total. The van der Waals surface area contributed by atoms with Gasteiger partial charge in [-0.3, -0.25) is 0 Å². The Labute approximate surface area is 130 Å². The van der Waals surface area contributed by atoms with Crippen LogP contribution < -0.4 is 0 Å². The second-order valence-electron chi connectivity index (χ2n) is 6.55. The molecule has 1 fully saturated rings. The standard InChI is InChI=1S/C21H18O/c1-3-17-16-10-11-18(20(13-16)19(17)4-1)14-6-8-15(9-7-14)21-5-2-12-22-21/h2,5-13,17,19H,1,3-4H2. The smallest absolute Gasteiger partial charge is 0.133 e. The van der Waals surface area contributed by atoms with Crippen molar-refractivity contribution in [2.75, 3.05) is 0 Å². The first-order valence-corrected chi connectivity index (χ1v) is 8.18. The number of hydrogen-bond acceptors (Lipinski definition) is 1. The summed E-state index contributed by atoms with van der Waals surface area (Å²) in [5, 5.41) is 0. The van der Waals surface area contributed by atoms with Gasteiger partial charge < -0.3 is 4.42 Å². The topological polar surface area (TPSA) is 13.1 Å². The van der Waals surface area contributed by atoms with E-state index in [-0.39, 0.29) is 0 Å². The zero-order chi connectivity index (χ0) is 14.5. The van der Waals surface area contributed by atoms with E-state index in [2.05, 4.69) is 42.5 Å². The van der Waals surface area contributed by atoms with Crippen LogP contribution in [0.3, 0.4) is 0 Å². The van der Waals surface area contributed by atoms with Gasteiger partial charge in [-0.05, 0) is 59.1 Å². The minimum atomic E-state index is 0.768. The summed E-state index contributed by atoms with van der Waals surface area (Å²) >= 11 is 0. The van der Waals surface area contributed by atoms with Crippen LogP contribution in [0.25, 0.3) is 22.5 Å². The summed E-state index contributed by atoms with van der Waals surface area (Å²) in [6.45, 7) is 0. The largest absolute Gasteiger partial charge is 0.464 e. The van der Waals surface area contributed by atoms with Crippen LogP contribution in [0.4, 0.5) is 0 Å². The van der Waals surface area contributed by atoms with E-state index in [1.807, 2.05) is 12.1 Å². The van der Waals surface area contributed by atoms with Gasteiger partial charge in [0.25, 0.3) is 0 Å². The molecule has 5 rings (SSSR count). The summed E-state index contributed by atoms with van der Waals surface area (Å²) in [5.41, 5.74) is 7.02. The van der Waals surface area contributed by atoms with Gasteiger partial charge in [-0.25, -0.2) is 0 Å². The summed E-state index contributed by atoms with van der Waals surface area (Å²) in [5.74, 6) is 2.50. The molecule has 1 heterocycles. The van der Waals surface area contributed by atoms with Crippen LogP contribution in [0.15, 0.2) is 65.3 Å². The fraction of sp³-hybridized carbons (Fsp3) is 0.238. The highest BCUT2D eigenvalue weighted by Crippen LogP contribution is 2.53. The summed E-state index contributed by atoms with van der Waals surface area (Å²) < 4.78 is 5.48. The molecule has 3 aromatic rings. The van der Waals surface area contributed by atoms with Gasteiger partial charge >= 0.3 is 0 Å². The van der Waals surface area contributed by atoms with Gasteiger partial charge in [0, 0.05) is 5.56 Å². The monoisotopic (exact) mass is 286 g/mol. The average molecular weight is 286 g/mol. The van der Waals surface area contributed by atoms with Crippen LogP contribution in [0.1, 0.15) is 42.2 Å². The molecule has 2 aromatic carbocycles. The predicted octanol–water partition coefficient (Wildman–Crippen LogP) is 5.98. The van der Waals surface area contributed by atoms with E-state index < -0.39 is 0 Å². The Morgan fingerprint density at radius 2 is 1.64 bits per heavy atom. The van der Waals surface area contributed by atoms with Gasteiger partial charge in [-0.1, -0.05) is 48.9 Å². The summed E-state index contributed by atoms with van der Waals surface area (Å²) in [4.78, 5) is 0. The third kappa shape index (κ3) is 1.72. The maximum atomic E-state index is 5.48. The minimum absolute atomic E-state index is 0.768. The summed E-state index contributed by atoms with van der Waals surface area (Å²) in [6, 6.07) is 19.8. The maximum Gasteiger partial charge on any atom is 0.133 e. The number of rotatable bonds is 2. The van der Waals surface area contributed by atoms with Gasteiger partial charge in [-0.15, -0.1) is 0 Å². The molecule has 1 nitrogen and oxygen atoms in total. The lowest BCUT2D eigenvalue weighted by atomic mass is 9.91. The Kier molecular flexibility index (Phi) is 2.57. The van der Waals surface area contributed by atoms with E-state index in [4.69, 9.17) is 4.42 Å². The molecule has 2 bridgehead atoms. The Morgan fingerprint density at radius 3 is 2.45 bits per heavy atom. The van der Waals surface area contributed by atoms with Gasteiger partial charge in [0.15, 0.2) is 0 Å². The second-order valence-corrected chi connectivity index (χ2v) is 6.55. The molecule has 108 valence electrons. The molecule has 0 saturated heterocycles. The first-order valence-electron chi connectivity index (χ1n) is 8.18. The Hall–Kier alpha value is -2.28. The number of hydrogen-bond donors (Lipinski definition) is 0. The first kappa shape index (κ1) is 12.3. The summed E-state index contributed by atoms with van der Waals surface area (Å²) in [6.07, 6.45) is 5.84. The van der Waals surface area contributed by atoms with E-state index in [9.17, 15) is 0 Å². The van der Waals surface area contributed by atoms with Crippen LogP contribution >= 0.6 is 0 Å². The highest BCUT2D eigenvalue weighted by molar-refractivity contribution is 5.73. The van der Waals surface area contributed by atoms with Crippen molar-refractivity contribution < 1.29 is 4.42 Å². The van der Waals surface area contributed by atoms with Crippen LogP contribution in [-0.2, 0) is 0 Å². The molecule has 1 aromatic heterocycles. The quantitative estimate of drug-likeness (QED) is 0.565. The highest BCUT2D eigenvalue weighted by Gasteiger charge is 2.36. The van der Waals surface area contributed by atoms with Crippen molar-refractivity contribution in [2.24, 2.45) is 0 Å². The van der Waals surface area contributed by atoms with Crippen LogP contribution in [0.2, 0.25) is 0 Å². The molecule has 0 spiro atoms. The average Bonchev–Trinajstić information content (AvgIpc) is 3.29. The van der Waals surface area contributed by atoms with Crippen molar-refractivity contribution in [2.45, 2.75) is 31.1 Å². The van der Waals surface area contributed by atoms with Crippen molar-refractivity contribution in [1.29, 1.82) is 0 Å². The molecular formula is C21H18O. The van der Waals surface area contributed by atoms with Crippen LogP contribution in [0, 0.1) is 0 Å². The zero-order valence-corrected chi connectivity index (χ0v) is 12.5. The van der Waals surface area contributed by atoms with E-state index in [0.29, 0.717) is 0 Å². The molecule has 22 heavy (non-hydrogen) atoms. The number of fused-ring (bicyclic) bond motifs is 5. The van der Waals surface area contributed by atoms with E-state index in [1.165, 1.54) is 30.4 Å². The van der Waals surface area contributed by atoms with E-state index >= 15 is 0 Å². The fourth-order valence-corrected chi connectivity index (χ4v) is 4.37. The third-order valence-corrected chi connectivity index (χ3v) is 5.42.